The van der Waals surface area contributed by atoms with E-state index in [4.69, 9.17) is 0 Å². The van der Waals surface area contributed by atoms with E-state index < -0.39 is 0 Å². The van der Waals surface area contributed by atoms with E-state index in [1.54, 1.807) is 12.1 Å². The Kier molecular flexibility index (Phi) is 6.32. The summed E-state index contributed by atoms with van der Waals surface area (Å²) in [7, 11) is 0. The molecule has 2 N–H and O–H groups in total. The Bertz CT molecular complexity index is 1090. The molecule has 0 saturated heterocycles. The van der Waals surface area contributed by atoms with Crippen molar-refractivity contribution >= 4 is 0 Å². The van der Waals surface area contributed by atoms with Gasteiger partial charge in [-0.25, -0.2) is 0 Å². The first-order valence-corrected chi connectivity index (χ1v) is 11.2. The average Bonchev–Trinajstić information content (AvgIpc) is 2.84. The molecule has 0 spiro atoms. The molecule has 4 aromatic carbocycles. The maximum absolute atomic E-state index is 10.7. The maximum Gasteiger partial charge on any atom is 0.119 e. The standard InChI is InChI=1S/C30H30O2/c1-20(23-10-6-4-7-11-23)25-14-16-29(31)27(18-25)22(3)28-19-26(15-17-30(28)32)21(2)24-12-8-5-9-13-24/h4-22,31-32H,1-3H3. The van der Waals surface area contributed by atoms with Crippen LogP contribution >= 0.6 is 0 Å². The Morgan fingerprint density at radius 2 is 0.812 bits per heavy atom. The van der Waals surface area contributed by atoms with Gasteiger partial charge in [-0.1, -0.05) is 106 Å². The highest BCUT2D eigenvalue weighted by atomic mass is 16.3. The lowest BCUT2D eigenvalue weighted by Gasteiger charge is -2.21. The highest BCUT2D eigenvalue weighted by Crippen LogP contribution is 2.39. The second-order valence-electron chi connectivity index (χ2n) is 8.62. The second kappa shape index (κ2) is 9.32. The van der Waals surface area contributed by atoms with Crippen LogP contribution in [0.5, 0.6) is 11.5 Å². The first-order chi connectivity index (χ1) is 15.5. The van der Waals surface area contributed by atoms with Crippen LogP contribution in [0, 0.1) is 0 Å². The summed E-state index contributed by atoms with van der Waals surface area (Å²) >= 11 is 0. The van der Waals surface area contributed by atoms with Crippen LogP contribution in [0.15, 0.2) is 97.1 Å². The van der Waals surface area contributed by atoms with E-state index in [9.17, 15) is 10.2 Å². The third kappa shape index (κ3) is 4.40. The third-order valence-corrected chi connectivity index (χ3v) is 6.64. The van der Waals surface area contributed by atoms with Crippen LogP contribution in [-0.2, 0) is 0 Å². The maximum atomic E-state index is 10.7. The van der Waals surface area contributed by atoms with E-state index in [0.717, 1.165) is 22.3 Å². The number of hydrogen-bond acceptors (Lipinski definition) is 2. The summed E-state index contributed by atoms with van der Waals surface area (Å²) in [6.45, 7) is 6.39. The van der Waals surface area contributed by atoms with Crippen molar-refractivity contribution in [2.45, 2.75) is 38.5 Å². The molecule has 0 aromatic heterocycles. The van der Waals surface area contributed by atoms with Gasteiger partial charge in [-0.15, -0.1) is 0 Å². The minimum atomic E-state index is -0.152. The van der Waals surface area contributed by atoms with Crippen LogP contribution in [0.2, 0.25) is 0 Å². The lowest BCUT2D eigenvalue weighted by Crippen LogP contribution is -2.03. The van der Waals surface area contributed by atoms with Gasteiger partial charge in [0.1, 0.15) is 11.5 Å². The molecule has 2 nitrogen and oxygen atoms in total. The van der Waals surface area contributed by atoms with Crippen molar-refractivity contribution in [1.82, 2.24) is 0 Å². The Morgan fingerprint density at radius 1 is 0.438 bits per heavy atom. The number of phenols is 2. The highest BCUT2D eigenvalue weighted by molar-refractivity contribution is 5.50. The number of rotatable bonds is 6. The Hall–Kier alpha value is -3.52. The molecular formula is C30H30O2. The van der Waals surface area contributed by atoms with Gasteiger partial charge in [-0.2, -0.15) is 0 Å². The molecule has 0 aliphatic rings. The monoisotopic (exact) mass is 422 g/mol. The first-order valence-electron chi connectivity index (χ1n) is 11.2. The van der Waals surface area contributed by atoms with Crippen molar-refractivity contribution in [3.05, 3.63) is 130 Å². The van der Waals surface area contributed by atoms with Gasteiger partial charge in [0.05, 0.1) is 0 Å². The molecule has 4 aromatic rings. The SMILES string of the molecule is CC(c1ccccc1)c1ccc(O)c(C(C)c2cc(C(C)c3ccccc3)ccc2O)c1. The summed E-state index contributed by atoms with van der Waals surface area (Å²) in [4.78, 5) is 0. The van der Waals surface area contributed by atoms with E-state index in [1.165, 1.54) is 11.1 Å². The van der Waals surface area contributed by atoms with E-state index in [2.05, 4.69) is 50.2 Å². The average molecular weight is 423 g/mol. The molecule has 0 bridgehead atoms. The predicted molar refractivity (Wildman–Crippen MR) is 132 cm³/mol. The van der Waals surface area contributed by atoms with Gasteiger partial charge in [0.15, 0.2) is 0 Å². The number of hydrogen-bond donors (Lipinski definition) is 2. The molecule has 2 heteroatoms. The summed E-state index contributed by atoms with van der Waals surface area (Å²) in [5, 5.41) is 21.4. The molecule has 32 heavy (non-hydrogen) atoms. The zero-order chi connectivity index (χ0) is 22.7. The normalized spacial score (nSPS) is 14.0. The fourth-order valence-electron chi connectivity index (χ4n) is 4.41. The van der Waals surface area contributed by atoms with Crippen LogP contribution in [0.1, 0.15) is 71.9 Å². The summed E-state index contributed by atoms with van der Waals surface area (Å²) < 4.78 is 0. The molecule has 4 rings (SSSR count). The molecule has 0 radical (unpaired) electrons. The van der Waals surface area contributed by atoms with E-state index in [1.807, 2.05) is 55.5 Å². The van der Waals surface area contributed by atoms with Crippen molar-refractivity contribution in [2.24, 2.45) is 0 Å². The largest absolute Gasteiger partial charge is 0.508 e. The molecule has 0 aliphatic carbocycles. The van der Waals surface area contributed by atoms with Gasteiger partial charge in [-0.3, -0.25) is 0 Å². The van der Waals surface area contributed by atoms with Crippen LogP contribution in [0.4, 0.5) is 0 Å². The molecular weight excluding hydrogens is 392 g/mol. The summed E-state index contributed by atoms with van der Waals surface area (Å²) in [6, 6.07) is 32.4. The highest BCUT2D eigenvalue weighted by Gasteiger charge is 2.20. The lowest BCUT2D eigenvalue weighted by atomic mass is 9.84. The molecule has 0 saturated carbocycles. The van der Waals surface area contributed by atoms with Gasteiger partial charge in [0, 0.05) is 28.9 Å². The van der Waals surface area contributed by atoms with Crippen LogP contribution < -0.4 is 0 Å². The van der Waals surface area contributed by atoms with Gasteiger partial charge < -0.3 is 10.2 Å². The Labute approximate surface area is 190 Å². The lowest BCUT2D eigenvalue weighted by molar-refractivity contribution is 0.456. The second-order valence-corrected chi connectivity index (χ2v) is 8.62. The molecule has 0 fully saturated rings. The zero-order valence-corrected chi connectivity index (χ0v) is 18.9. The van der Waals surface area contributed by atoms with Crippen LogP contribution in [-0.4, -0.2) is 10.2 Å². The molecule has 162 valence electrons. The zero-order valence-electron chi connectivity index (χ0n) is 18.9. The van der Waals surface area contributed by atoms with Crippen molar-refractivity contribution in [3.8, 4) is 11.5 Å². The topological polar surface area (TPSA) is 40.5 Å². The van der Waals surface area contributed by atoms with Crippen molar-refractivity contribution in [2.75, 3.05) is 0 Å². The predicted octanol–water partition coefficient (Wildman–Crippen LogP) is 7.55. The van der Waals surface area contributed by atoms with Crippen molar-refractivity contribution in [3.63, 3.8) is 0 Å². The van der Waals surface area contributed by atoms with Gasteiger partial charge in [0.25, 0.3) is 0 Å². The van der Waals surface area contributed by atoms with Crippen LogP contribution in [0.25, 0.3) is 0 Å². The van der Waals surface area contributed by atoms with Crippen molar-refractivity contribution in [1.29, 1.82) is 0 Å². The summed E-state index contributed by atoms with van der Waals surface area (Å²) in [5.74, 6) is 0.771. The smallest absolute Gasteiger partial charge is 0.119 e. The van der Waals surface area contributed by atoms with Gasteiger partial charge >= 0.3 is 0 Å². The molecule has 0 heterocycles. The van der Waals surface area contributed by atoms with Gasteiger partial charge in [0.2, 0.25) is 0 Å². The number of aromatic hydroxyl groups is 2. The fourth-order valence-corrected chi connectivity index (χ4v) is 4.41. The Morgan fingerprint density at radius 3 is 1.19 bits per heavy atom. The molecule has 2 unspecified atom stereocenters. The summed E-state index contributed by atoms with van der Waals surface area (Å²) in [5.41, 5.74) is 6.40. The van der Waals surface area contributed by atoms with E-state index >= 15 is 0 Å². The third-order valence-electron chi connectivity index (χ3n) is 6.64. The fraction of sp³-hybridized carbons (Fsp3) is 0.200. The summed E-state index contributed by atoms with van der Waals surface area (Å²) in [6.07, 6.45) is 0. The van der Waals surface area contributed by atoms with Gasteiger partial charge in [-0.05, 0) is 34.4 Å². The molecule has 0 amide bonds. The molecule has 0 aliphatic heterocycles. The quantitative estimate of drug-likeness (QED) is 0.337. The Balaban J connectivity index is 1.69. The number of benzene rings is 4. The minimum absolute atomic E-state index is 0.152. The number of phenolic OH excluding ortho intramolecular Hbond substituents is 2. The molecule has 2 atom stereocenters. The first kappa shape index (κ1) is 21.7. The van der Waals surface area contributed by atoms with E-state index in [-0.39, 0.29) is 29.3 Å². The van der Waals surface area contributed by atoms with Crippen LogP contribution in [0.3, 0.4) is 0 Å². The minimum Gasteiger partial charge on any atom is -0.508 e. The van der Waals surface area contributed by atoms with Crippen molar-refractivity contribution < 1.29 is 10.2 Å². The van der Waals surface area contributed by atoms with E-state index in [0.29, 0.717) is 0 Å².